The van der Waals surface area contributed by atoms with E-state index in [1.165, 1.54) is 6.07 Å². The Labute approximate surface area is 127 Å². The van der Waals surface area contributed by atoms with E-state index in [2.05, 4.69) is 0 Å². The minimum absolute atomic E-state index is 0.0722. The van der Waals surface area contributed by atoms with Crippen LogP contribution in [0.15, 0.2) is 42.5 Å². The van der Waals surface area contributed by atoms with Gasteiger partial charge in [-0.1, -0.05) is 29.8 Å². The van der Waals surface area contributed by atoms with Gasteiger partial charge < -0.3 is 14.6 Å². The molecule has 0 spiro atoms. The molecule has 110 valence electrons. The number of halogens is 1. The van der Waals surface area contributed by atoms with Crippen LogP contribution in [0.25, 0.3) is 0 Å². The van der Waals surface area contributed by atoms with E-state index in [0.29, 0.717) is 17.4 Å². The second-order valence-electron chi connectivity index (χ2n) is 4.29. The molecule has 0 aliphatic rings. The molecule has 0 saturated heterocycles. The van der Waals surface area contributed by atoms with Crippen LogP contribution in [0, 0.1) is 0 Å². The molecule has 2 aromatic rings. The zero-order valence-corrected chi connectivity index (χ0v) is 12.3. The zero-order chi connectivity index (χ0) is 15.2. The van der Waals surface area contributed by atoms with Crippen LogP contribution in [0.3, 0.4) is 0 Å². The van der Waals surface area contributed by atoms with Crippen molar-refractivity contribution in [2.45, 2.75) is 13.5 Å². The third kappa shape index (κ3) is 3.89. The lowest BCUT2D eigenvalue weighted by Crippen LogP contribution is -2.06. The van der Waals surface area contributed by atoms with E-state index in [9.17, 15) is 9.90 Å². The van der Waals surface area contributed by atoms with Gasteiger partial charge >= 0.3 is 5.97 Å². The quantitative estimate of drug-likeness (QED) is 0.876. The maximum absolute atomic E-state index is 11.3. The van der Waals surface area contributed by atoms with E-state index >= 15 is 0 Å². The molecule has 0 aliphatic carbocycles. The summed E-state index contributed by atoms with van der Waals surface area (Å²) < 4.78 is 11.1. The second-order valence-corrected chi connectivity index (χ2v) is 4.73. The van der Waals surface area contributed by atoms with Crippen molar-refractivity contribution in [3.05, 3.63) is 58.6 Å². The standard InChI is InChI=1S/C16H15ClO4/c1-2-20-14-8-4-7-13(16(18)19)15(14)21-10-11-5-3-6-12(17)9-11/h3-9H,2,10H2,1H3,(H,18,19). The molecular weight excluding hydrogens is 292 g/mol. The topological polar surface area (TPSA) is 55.8 Å². The van der Waals surface area contributed by atoms with Crippen LogP contribution in [0.2, 0.25) is 5.02 Å². The van der Waals surface area contributed by atoms with E-state index < -0.39 is 5.97 Å². The predicted molar refractivity (Wildman–Crippen MR) is 80.4 cm³/mol. The third-order valence-corrected chi connectivity index (χ3v) is 3.02. The maximum Gasteiger partial charge on any atom is 0.339 e. The molecule has 0 atom stereocenters. The number of aromatic carboxylic acids is 1. The molecule has 2 rings (SSSR count). The summed E-state index contributed by atoms with van der Waals surface area (Å²) in [5, 5.41) is 9.85. The highest BCUT2D eigenvalue weighted by Gasteiger charge is 2.16. The Morgan fingerprint density at radius 3 is 2.62 bits per heavy atom. The van der Waals surface area contributed by atoms with Crippen molar-refractivity contribution in [3.63, 3.8) is 0 Å². The highest BCUT2D eigenvalue weighted by atomic mass is 35.5. The Kier molecular flexibility index (Phi) is 5.06. The Hall–Kier alpha value is -2.20. The molecule has 2 aromatic carbocycles. The van der Waals surface area contributed by atoms with E-state index in [4.69, 9.17) is 21.1 Å². The Balaban J connectivity index is 2.26. The average molecular weight is 307 g/mol. The highest BCUT2D eigenvalue weighted by molar-refractivity contribution is 6.30. The normalized spacial score (nSPS) is 10.2. The molecule has 0 unspecified atom stereocenters. The van der Waals surface area contributed by atoms with Crippen molar-refractivity contribution in [2.24, 2.45) is 0 Å². The fraction of sp³-hybridized carbons (Fsp3) is 0.188. The number of carboxylic acid groups (broad SMARTS) is 1. The van der Waals surface area contributed by atoms with Crippen LogP contribution in [0.5, 0.6) is 11.5 Å². The van der Waals surface area contributed by atoms with Gasteiger partial charge in [-0.05, 0) is 36.8 Å². The lowest BCUT2D eigenvalue weighted by atomic mass is 10.2. The molecule has 0 radical (unpaired) electrons. The molecular formula is C16H15ClO4. The van der Waals surface area contributed by atoms with Gasteiger partial charge in [0.05, 0.1) is 6.61 Å². The van der Waals surface area contributed by atoms with Gasteiger partial charge in [0, 0.05) is 5.02 Å². The van der Waals surface area contributed by atoms with Gasteiger partial charge in [-0.15, -0.1) is 0 Å². The van der Waals surface area contributed by atoms with Crippen molar-refractivity contribution in [2.75, 3.05) is 6.61 Å². The summed E-state index contributed by atoms with van der Waals surface area (Å²) in [6, 6.07) is 12.0. The van der Waals surface area contributed by atoms with E-state index in [1.54, 1.807) is 24.3 Å². The van der Waals surface area contributed by atoms with Crippen LogP contribution in [0.4, 0.5) is 0 Å². The largest absolute Gasteiger partial charge is 0.490 e. The predicted octanol–water partition coefficient (Wildman–Crippen LogP) is 4.02. The van der Waals surface area contributed by atoms with Crippen molar-refractivity contribution in [1.82, 2.24) is 0 Å². The molecule has 21 heavy (non-hydrogen) atoms. The average Bonchev–Trinajstić information content (AvgIpc) is 2.46. The monoisotopic (exact) mass is 306 g/mol. The second kappa shape index (κ2) is 6.99. The van der Waals surface area contributed by atoms with Gasteiger partial charge in [-0.25, -0.2) is 4.79 Å². The molecule has 0 bridgehead atoms. The van der Waals surface area contributed by atoms with Gasteiger partial charge in [0.15, 0.2) is 11.5 Å². The first-order valence-corrected chi connectivity index (χ1v) is 6.86. The number of benzene rings is 2. The summed E-state index contributed by atoms with van der Waals surface area (Å²) in [6.45, 7) is 2.47. The molecule has 0 aliphatic heterocycles. The van der Waals surface area contributed by atoms with Crippen molar-refractivity contribution < 1.29 is 19.4 Å². The molecule has 0 fully saturated rings. The summed E-state index contributed by atoms with van der Waals surface area (Å²) >= 11 is 5.91. The Morgan fingerprint density at radius 1 is 1.19 bits per heavy atom. The Morgan fingerprint density at radius 2 is 1.95 bits per heavy atom. The van der Waals surface area contributed by atoms with Crippen molar-refractivity contribution in [1.29, 1.82) is 0 Å². The van der Waals surface area contributed by atoms with Gasteiger partial charge in [-0.2, -0.15) is 0 Å². The van der Waals surface area contributed by atoms with Gasteiger partial charge in [0.2, 0.25) is 0 Å². The van der Waals surface area contributed by atoms with E-state index in [0.717, 1.165) is 5.56 Å². The minimum atomic E-state index is -1.06. The molecule has 0 aromatic heterocycles. The number of carboxylic acids is 1. The first kappa shape index (κ1) is 15.2. The lowest BCUT2D eigenvalue weighted by molar-refractivity contribution is 0.0690. The van der Waals surface area contributed by atoms with Crippen LogP contribution in [0.1, 0.15) is 22.8 Å². The van der Waals surface area contributed by atoms with Crippen LogP contribution in [-0.4, -0.2) is 17.7 Å². The first-order chi connectivity index (χ1) is 10.1. The number of rotatable bonds is 6. The summed E-state index contributed by atoms with van der Waals surface area (Å²) in [6.07, 6.45) is 0. The number of para-hydroxylation sites is 1. The summed E-state index contributed by atoms with van der Waals surface area (Å²) in [5.41, 5.74) is 0.924. The van der Waals surface area contributed by atoms with Gasteiger partial charge in [0.25, 0.3) is 0 Å². The van der Waals surface area contributed by atoms with Crippen LogP contribution in [-0.2, 0) is 6.61 Å². The zero-order valence-electron chi connectivity index (χ0n) is 11.5. The van der Waals surface area contributed by atoms with E-state index in [-0.39, 0.29) is 17.9 Å². The fourth-order valence-corrected chi connectivity index (χ4v) is 2.10. The van der Waals surface area contributed by atoms with Gasteiger partial charge in [0.1, 0.15) is 12.2 Å². The van der Waals surface area contributed by atoms with Crippen molar-refractivity contribution in [3.8, 4) is 11.5 Å². The number of hydrogen-bond donors (Lipinski definition) is 1. The fourth-order valence-electron chi connectivity index (χ4n) is 1.88. The maximum atomic E-state index is 11.3. The highest BCUT2D eigenvalue weighted by Crippen LogP contribution is 2.32. The molecule has 5 heteroatoms. The molecule has 0 heterocycles. The van der Waals surface area contributed by atoms with Crippen molar-refractivity contribution >= 4 is 17.6 Å². The lowest BCUT2D eigenvalue weighted by Gasteiger charge is -2.14. The summed E-state index contributed by atoms with van der Waals surface area (Å²) in [7, 11) is 0. The Bertz CT molecular complexity index is 640. The molecule has 0 saturated carbocycles. The molecule has 0 amide bonds. The number of carbonyl (C=O) groups is 1. The first-order valence-electron chi connectivity index (χ1n) is 6.48. The van der Waals surface area contributed by atoms with E-state index in [1.807, 2.05) is 19.1 Å². The molecule has 1 N–H and O–H groups in total. The minimum Gasteiger partial charge on any atom is -0.490 e. The summed E-state index contributed by atoms with van der Waals surface area (Å²) in [4.78, 5) is 11.3. The van der Waals surface area contributed by atoms with Crippen LogP contribution < -0.4 is 9.47 Å². The summed E-state index contributed by atoms with van der Waals surface area (Å²) in [5.74, 6) is -0.413. The van der Waals surface area contributed by atoms with Gasteiger partial charge in [-0.3, -0.25) is 0 Å². The SMILES string of the molecule is CCOc1cccc(C(=O)O)c1OCc1cccc(Cl)c1. The third-order valence-electron chi connectivity index (χ3n) is 2.78. The smallest absolute Gasteiger partial charge is 0.339 e. The number of hydrogen-bond acceptors (Lipinski definition) is 3. The van der Waals surface area contributed by atoms with Crippen LogP contribution >= 0.6 is 11.6 Å². The number of ether oxygens (including phenoxy) is 2. The molecule has 4 nitrogen and oxygen atoms in total.